The van der Waals surface area contributed by atoms with Gasteiger partial charge in [-0.1, -0.05) is 96.1 Å². The van der Waals surface area contributed by atoms with E-state index in [1.165, 1.54) is 41.7 Å². The van der Waals surface area contributed by atoms with Crippen molar-refractivity contribution in [3.05, 3.63) is 120 Å². The van der Waals surface area contributed by atoms with Crippen LogP contribution in [0.1, 0.15) is 101 Å². The molecule has 13 atom stereocenters. The number of aliphatic carboxylic acids is 1. The first kappa shape index (κ1) is 90.7. The van der Waals surface area contributed by atoms with Crippen molar-refractivity contribution in [3.8, 4) is 5.75 Å². The second-order valence-electron chi connectivity index (χ2n) is 28.8. The first-order valence-corrected chi connectivity index (χ1v) is 40.7. The third kappa shape index (κ3) is 27.7. The Morgan fingerprint density at radius 2 is 1.24 bits per heavy atom. The summed E-state index contributed by atoms with van der Waals surface area (Å²) < 4.78 is 0. The molecular weight excluding hydrogens is 1560 g/mol. The zero-order valence-electron chi connectivity index (χ0n) is 64.7. The van der Waals surface area contributed by atoms with Crippen LogP contribution in [0.4, 0.5) is 0 Å². The summed E-state index contributed by atoms with van der Waals surface area (Å²) in [6, 6.07) is -0.331. The van der Waals surface area contributed by atoms with Gasteiger partial charge in [0.2, 0.25) is 82.7 Å². The lowest BCUT2D eigenvalue weighted by molar-refractivity contribution is -0.146. The maximum absolute atomic E-state index is 15.7. The van der Waals surface area contributed by atoms with Crippen molar-refractivity contribution >= 4 is 127 Å². The summed E-state index contributed by atoms with van der Waals surface area (Å²) in [5.74, 6) is -17.0. The maximum Gasteiger partial charge on any atom is 0.326 e. The van der Waals surface area contributed by atoms with E-state index in [0.29, 0.717) is 27.6 Å². The van der Waals surface area contributed by atoms with Crippen molar-refractivity contribution in [2.24, 2.45) is 22.4 Å². The number of aromatic amines is 2. The Bertz CT molecular complexity index is 4340. The summed E-state index contributed by atoms with van der Waals surface area (Å²) in [7, 11) is 1.59. The highest BCUT2D eigenvalue weighted by Gasteiger charge is 2.42. The number of carbonyl (C=O) groups is 15. The molecule has 3 aliphatic heterocycles. The molecular formula is C76H102N20O19S2. The number of carboxylic acids is 1. The molecule has 41 heteroatoms. The molecule has 0 aliphatic carbocycles. The number of nitrogens with two attached hydrogens (primary N) is 2. The highest BCUT2D eigenvalue weighted by atomic mass is 33.1. The van der Waals surface area contributed by atoms with Gasteiger partial charge in [-0.15, -0.1) is 0 Å². The molecule has 5 aromatic rings. The molecule has 5 heterocycles. The number of aromatic hydroxyl groups is 1. The molecule has 632 valence electrons. The Balaban J connectivity index is 1.25. The predicted octanol–water partition coefficient (Wildman–Crippen LogP) is -4.05. The molecule has 117 heavy (non-hydrogen) atoms. The van der Waals surface area contributed by atoms with Crippen molar-refractivity contribution in [3.63, 3.8) is 0 Å². The van der Waals surface area contributed by atoms with Crippen LogP contribution >= 0.6 is 21.6 Å². The number of amides is 14. The van der Waals surface area contributed by atoms with Crippen molar-refractivity contribution in [1.29, 1.82) is 0 Å². The van der Waals surface area contributed by atoms with Crippen LogP contribution in [-0.2, 0) is 97.6 Å². The molecule has 3 aliphatic rings. The van der Waals surface area contributed by atoms with E-state index in [1.54, 1.807) is 74.6 Å². The number of hydrogen-bond donors (Lipinski definition) is 21. The first-order chi connectivity index (χ1) is 56.0. The van der Waals surface area contributed by atoms with Crippen LogP contribution in [0.25, 0.3) is 10.9 Å². The molecule has 23 N–H and O–H groups in total. The number of likely N-dealkylation sites (tertiary alicyclic amines) is 1. The highest BCUT2D eigenvalue weighted by Crippen LogP contribution is 2.27. The number of rotatable bonds is 26. The fraction of sp³-hybridized carbons (Fsp3) is 0.487. The number of H-pyrrole nitrogens is 2. The molecule has 3 fully saturated rings. The number of carbonyl (C=O) groups excluding carboxylic acids is 14. The number of carboxylic acid groups (broad SMARTS) is 1. The maximum atomic E-state index is 15.7. The zero-order chi connectivity index (χ0) is 84.8. The Morgan fingerprint density at radius 1 is 0.624 bits per heavy atom. The topological polar surface area (TPSA) is 605 Å². The number of aliphatic hydroxyl groups excluding tert-OH is 2. The molecule has 0 spiro atoms. The van der Waals surface area contributed by atoms with Crippen molar-refractivity contribution in [2.45, 2.75) is 183 Å². The Labute approximate surface area is 680 Å². The van der Waals surface area contributed by atoms with Gasteiger partial charge in [0.25, 0.3) is 0 Å². The van der Waals surface area contributed by atoms with Crippen LogP contribution in [0, 0.1) is 5.92 Å². The van der Waals surface area contributed by atoms with E-state index in [9.17, 15) is 54.0 Å². The van der Waals surface area contributed by atoms with Gasteiger partial charge in [-0.2, -0.15) is 0 Å². The first-order valence-electron chi connectivity index (χ1n) is 38.3. The molecule has 0 saturated carbocycles. The lowest BCUT2D eigenvalue weighted by atomic mass is 10.0. The third-order valence-corrected chi connectivity index (χ3v) is 22.0. The monoisotopic (exact) mass is 1660 g/mol. The minimum absolute atomic E-state index is 0.00989. The minimum atomic E-state index is -1.98. The number of para-hydroxylation sites is 1. The molecule has 2 bridgehead atoms. The van der Waals surface area contributed by atoms with Crippen LogP contribution in [0.15, 0.2) is 103 Å². The fourth-order valence-corrected chi connectivity index (χ4v) is 15.6. The van der Waals surface area contributed by atoms with Crippen molar-refractivity contribution in [1.82, 2.24) is 89.0 Å². The van der Waals surface area contributed by atoms with Gasteiger partial charge in [0.1, 0.15) is 84.3 Å². The van der Waals surface area contributed by atoms with E-state index in [4.69, 9.17) is 11.5 Å². The smallest absolute Gasteiger partial charge is 0.326 e. The summed E-state index contributed by atoms with van der Waals surface area (Å²) in [6.07, 6.45) is 2.26. The Kier molecular flexibility index (Phi) is 34.8. The number of aromatic nitrogens is 3. The normalized spacial score (nSPS) is 22.3. The lowest BCUT2D eigenvalue weighted by Crippen LogP contribution is -2.62. The molecule has 0 unspecified atom stereocenters. The van der Waals surface area contributed by atoms with Crippen LogP contribution in [-0.4, -0.2) is 258 Å². The van der Waals surface area contributed by atoms with Gasteiger partial charge in [0, 0.05) is 93.5 Å². The summed E-state index contributed by atoms with van der Waals surface area (Å²) in [5.41, 5.74) is 13.5. The SMILES string of the molecule is CC(=O)N[C@@H](CO)C(=O)N[C@@H](Cc1ccc(O)cc1)C(=O)N[C@@H](CO)C(=O)N[C@H]1CSSC[C@@H]2NC(=O)[C@H](Cc3c[nH]c4ccccc34)NC(=O)[C@@H](CCCN=C(N)N)NC(=O)[C@@H](Cc3ccccc3)NC(=O)[C@@H](Cc3c[nH]cn3)NC(=O)[C@H](CCC(=O)NCCCC[C@@H](C(=O)N3CCC[C@H]3C(=O)N[C@H](C(=O)O)C(C)C)NC2=O)NC1=O. The van der Waals surface area contributed by atoms with Gasteiger partial charge in [-0.05, 0) is 92.2 Å². The van der Waals surface area contributed by atoms with Crippen LogP contribution < -0.4 is 80.6 Å². The van der Waals surface area contributed by atoms with E-state index in [1.807, 2.05) is 0 Å². The van der Waals surface area contributed by atoms with Crippen molar-refractivity contribution < 1.29 is 92.3 Å². The van der Waals surface area contributed by atoms with Gasteiger partial charge in [0.05, 0.1) is 25.2 Å². The standard InChI is InChI=1S/C76H102N20O19S2/c1-40(2)62(75(114)115)95-73(112)60-19-12-28-96(60)74(113)51-17-9-10-26-80-61(101)25-24-50-64(103)91-55(32-45-34-79-39-83-45)68(107)88-52(29-42-13-5-4-6-14-42)65(104)85-49(18-11-27-81-76(77)78)63(102)90-54(31-44-33-82-48-16-8-7-15-47(44)48)67(106)93-59(72(111)87-51)38-117-116-37-58(71(110)86-50)94-70(109)57(36-98)92-66(105)53(30-43-20-22-46(100)23-21-43)89-69(108)56(35-97)84-41(3)99/h4-8,13-16,20-23,33-34,39-40,49-60,62,82,97-98,100H,9-12,17-19,24-32,35-38H2,1-3H3,(H,79,83)(H,80,101)(H,84,99)(H,85,104)(H,86,110)(H,87,111)(H,88,107)(H,89,108)(H,90,102)(H,91,103)(H,92,105)(H,93,106)(H,94,109)(H,95,112)(H,114,115)(H4,77,78,81)/t49-,50+,51+,52-,53+,54+,55-,56+,57+,58+,59+,60+,62+/m1/s1. The van der Waals surface area contributed by atoms with Gasteiger partial charge < -0.3 is 116 Å². The van der Waals surface area contributed by atoms with E-state index >= 15 is 38.4 Å². The number of phenolic OH excluding ortho intramolecular Hbond substituents is 1. The second kappa shape index (κ2) is 44.9. The number of nitrogens with one attached hydrogen (secondary N) is 15. The number of guanidine groups is 1. The fourth-order valence-electron chi connectivity index (χ4n) is 13.3. The molecule has 8 rings (SSSR count). The number of imidazole rings is 1. The molecule has 3 saturated heterocycles. The van der Waals surface area contributed by atoms with Gasteiger partial charge in [-0.3, -0.25) is 72.1 Å². The van der Waals surface area contributed by atoms with E-state index in [2.05, 4.69) is 89.1 Å². The Morgan fingerprint density at radius 3 is 1.91 bits per heavy atom. The molecule has 0 radical (unpaired) electrons. The number of nitrogens with zero attached hydrogens (tertiary/aromatic N) is 3. The van der Waals surface area contributed by atoms with E-state index in [-0.39, 0.29) is 108 Å². The number of hydrogen-bond acceptors (Lipinski definition) is 22. The van der Waals surface area contributed by atoms with E-state index < -0.39 is 211 Å². The largest absolute Gasteiger partial charge is 0.508 e. The summed E-state index contributed by atoms with van der Waals surface area (Å²) in [4.78, 5) is 234. The van der Waals surface area contributed by atoms with E-state index in [0.717, 1.165) is 28.5 Å². The minimum Gasteiger partial charge on any atom is -0.508 e. The average Bonchev–Trinajstić information content (AvgIpc) is 1.73. The number of aliphatic imine (C=N–C) groups is 1. The zero-order valence-corrected chi connectivity index (χ0v) is 66.3. The van der Waals surface area contributed by atoms with Gasteiger partial charge in [0.15, 0.2) is 5.96 Å². The third-order valence-electron chi connectivity index (χ3n) is 19.6. The summed E-state index contributed by atoms with van der Waals surface area (Å²) in [5, 5.41) is 75.6. The predicted molar refractivity (Wildman–Crippen MR) is 427 cm³/mol. The molecule has 14 amide bonds. The van der Waals surface area contributed by atoms with Crippen LogP contribution in [0.3, 0.4) is 0 Å². The van der Waals surface area contributed by atoms with Crippen LogP contribution in [0.5, 0.6) is 5.75 Å². The summed E-state index contributed by atoms with van der Waals surface area (Å²) in [6.45, 7) is 1.98. The molecule has 2 aromatic heterocycles. The number of aliphatic hydroxyl groups is 2. The quantitative estimate of drug-likeness (QED) is 0.0108. The average molecular weight is 1660 g/mol. The highest BCUT2D eigenvalue weighted by molar-refractivity contribution is 8.76. The van der Waals surface area contributed by atoms with Crippen LogP contribution in [0.2, 0.25) is 0 Å². The number of phenols is 1. The molecule has 3 aromatic carbocycles. The van der Waals surface area contributed by atoms with Gasteiger partial charge >= 0.3 is 5.97 Å². The summed E-state index contributed by atoms with van der Waals surface area (Å²) >= 11 is 0. The lowest BCUT2D eigenvalue weighted by Gasteiger charge is -2.31. The second-order valence-corrected chi connectivity index (χ2v) is 31.3. The number of benzene rings is 3. The van der Waals surface area contributed by atoms with Crippen molar-refractivity contribution in [2.75, 3.05) is 44.4 Å². The molecule has 39 nitrogen and oxygen atoms in total. The van der Waals surface area contributed by atoms with Gasteiger partial charge in [-0.25, -0.2) is 9.78 Å². The Hall–Kier alpha value is -11.8. The number of fused-ring (bicyclic) bond motifs is 9.